The monoisotopic (exact) mass is 220 g/mol. The summed E-state index contributed by atoms with van der Waals surface area (Å²) in [6, 6.07) is 0.896. The fourth-order valence-electron chi connectivity index (χ4n) is 1.61. The van der Waals surface area contributed by atoms with Gasteiger partial charge in [-0.3, -0.25) is 0 Å². The molecule has 0 spiro atoms. The van der Waals surface area contributed by atoms with Gasteiger partial charge in [0.2, 0.25) is 0 Å². The van der Waals surface area contributed by atoms with E-state index in [1.165, 1.54) is 6.42 Å². The minimum Gasteiger partial charge on any atom is -0.381 e. The second-order valence-corrected chi connectivity index (χ2v) is 6.68. The largest absolute Gasteiger partial charge is 0.500 e. The highest BCUT2D eigenvalue weighted by molar-refractivity contribution is 6.60. The summed E-state index contributed by atoms with van der Waals surface area (Å²) in [5, 5.41) is 0. The standard InChI is InChI=1S/C9H20O4Si/c1-10-14(11-2,12-3)6-4-5-9-7-13-8-9/h9H,4-8H2,1-3H3. The Labute approximate surface area is 86.9 Å². The van der Waals surface area contributed by atoms with Crippen LogP contribution in [-0.4, -0.2) is 43.3 Å². The van der Waals surface area contributed by atoms with E-state index in [4.69, 9.17) is 18.0 Å². The summed E-state index contributed by atoms with van der Waals surface area (Å²) in [6.07, 6.45) is 2.28. The molecule has 5 heteroatoms. The summed E-state index contributed by atoms with van der Waals surface area (Å²) in [5.41, 5.74) is 0. The van der Waals surface area contributed by atoms with Gasteiger partial charge in [-0.15, -0.1) is 0 Å². The highest BCUT2D eigenvalue weighted by Crippen LogP contribution is 2.22. The molecule has 1 heterocycles. The lowest BCUT2D eigenvalue weighted by atomic mass is 10.0. The van der Waals surface area contributed by atoms with Crippen LogP contribution in [0.4, 0.5) is 0 Å². The van der Waals surface area contributed by atoms with E-state index in [9.17, 15) is 0 Å². The fraction of sp³-hybridized carbons (Fsp3) is 1.00. The molecule has 0 radical (unpaired) electrons. The molecule has 0 aliphatic carbocycles. The topological polar surface area (TPSA) is 36.9 Å². The first-order valence-electron chi connectivity index (χ1n) is 4.99. The Morgan fingerprint density at radius 3 is 2.07 bits per heavy atom. The molecule has 0 bridgehead atoms. The minimum atomic E-state index is -2.31. The zero-order chi connectivity index (χ0) is 10.4. The summed E-state index contributed by atoms with van der Waals surface area (Å²) < 4.78 is 21.1. The summed E-state index contributed by atoms with van der Waals surface area (Å²) in [6.45, 7) is 1.84. The van der Waals surface area contributed by atoms with Crippen molar-refractivity contribution < 1.29 is 18.0 Å². The maximum atomic E-state index is 5.33. The Bertz CT molecular complexity index is 149. The van der Waals surface area contributed by atoms with Crippen LogP contribution < -0.4 is 0 Å². The third-order valence-corrected chi connectivity index (χ3v) is 5.57. The van der Waals surface area contributed by atoms with Crippen molar-refractivity contribution in [2.45, 2.75) is 18.9 Å². The molecule has 0 aromatic carbocycles. The molecule has 1 fully saturated rings. The van der Waals surface area contributed by atoms with E-state index in [-0.39, 0.29) is 0 Å². The van der Waals surface area contributed by atoms with Gasteiger partial charge in [0.05, 0.1) is 13.2 Å². The van der Waals surface area contributed by atoms with Crippen LogP contribution in [0.15, 0.2) is 0 Å². The maximum absolute atomic E-state index is 5.33. The molecule has 14 heavy (non-hydrogen) atoms. The van der Waals surface area contributed by atoms with Gasteiger partial charge in [-0.2, -0.15) is 0 Å². The van der Waals surface area contributed by atoms with Crippen molar-refractivity contribution in [3.8, 4) is 0 Å². The Kier molecular flexibility index (Phi) is 5.04. The lowest BCUT2D eigenvalue weighted by Gasteiger charge is -2.28. The van der Waals surface area contributed by atoms with Crippen molar-refractivity contribution in [1.29, 1.82) is 0 Å². The predicted molar refractivity (Wildman–Crippen MR) is 55.1 cm³/mol. The van der Waals surface area contributed by atoms with Gasteiger partial charge in [0.1, 0.15) is 0 Å². The Hall–Kier alpha value is 0.0569. The molecule has 0 atom stereocenters. The van der Waals surface area contributed by atoms with Crippen molar-refractivity contribution in [1.82, 2.24) is 0 Å². The number of rotatable bonds is 7. The highest BCUT2D eigenvalue weighted by atomic mass is 28.4. The lowest BCUT2D eigenvalue weighted by molar-refractivity contribution is -0.0362. The van der Waals surface area contributed by atoms with E-state index in [1.54, 1.807) is 21.3 Å². The predicted octanol–water partition coefficient (Wildman–Crippen LogP) is 1.29. The molecule has 0 aromatic heterocycles. The first kappa shape index (κ1) is 12.1. The lowest BCUT2D eigenvalue weighted by Crippen LogP contribution is -2.42. The van der Waals surface area contributed by atoms with Gasteiger partial charge in [-0.05, 0) is 12.8 Å². The molecule has 84 valence electrons. The third-order valence-electron chi connectivity index (χ3n) is 2.74. The molecule has 1 aliphatic rings. The van der Waals surface area contributed by atoms with Crippen molar-refractivity contribution >= 4 is 8.80 Å². The van der Waals surface area contributed by atoms with Gasteiger partial charge in [0.15, 0.2) is 0 Å². The number of ether oxygens (including phenoxy) is 1. The molecular formula is C9H20O4Si. The first-order valence-corrected chi connectivity index (χ1v) is 6.92. The van der Waals surface area contributed by atoms with Crippen LogP contribution in [0.1, 0.15) is 12.8 Å². The van der Waals surface area contributed by atoms with Crippen LogP contribution in [0.3, 0.4) is 0 Å². The zero-order valence-corrected chi connectivity index (χ0v) is 10.2. The average molecular weight is 220 g/mol. The summed E-state index contributed by atoms with van der Waals surface area (Å²) in [7, 11) is 2.66. The summed E-state index contributed by atoms with van der Waals surface area (Å²) in [4.78, 5) is 0. The van der Waals surface area contributed by atoms with Crippen molar-refractivity contribution in [2.75, 3.05) is 34.5 Å². The summed E-state index contributed by atoms with van der Waals surface area (Å²) in [5.74, 6) is 0.743. The van der Waals surface area contributed by atoms with Gasteiger partial charge in [-0.25, -0.2) is 0 Å². The first-order chi connectivity index (χ1) is 6.76. The maximum Gasteiger partial charge on any atom is 0.500 e. The van der Waals surface area contributed by atoms with Crippen molar-refractivity contribution in [2.24, 2.45) is 5.92 Å². The van der Waals surface area contributed by atoms with Crippen LogP contribution >= 0.6 is 0 Å². The van der Waals surface area contributed by atoms with Crippen LogP contribution in [0.25, 0.3) is 0 Å². The van der Waals surface area contributed by atoms with Crippen LogP contribution in [-0.2, 0) is 18.0 Å². The molecule has 1 aliphatic heterocycles. The minimum absolute atomic E-state index is 0.743. The molecule has 0 amide bonds. The van der Waals surface area contributed by atoms with Crippen LogP contribution in [0.5, 0.6) is 0 Å². The normalized spacial score (nSPS) is 18.2. The molecule has 4 nitrogen and oxygen atoms in total. The third kappa shape index (κ3) is 3.03. The molecular weight excluding hydrogens is 200 g/mol. The van der Waals surface area contributed by atoms with Crippen LogP contribution in [0, 0.1) is 5.92 Å². The van der Waals surface area contributed by atoms with E-state index in [0.717, 1.165) is 31.6 Å². The zero-order valence-electron chi connectivity index (χ0n) is 9.25. The van der Waals surface area contributed by atoms with E-state index < -0.39 is 8.80 Å². The van der Waals surface area contributed by atoms with Crippen molar-refractivity contribution in [3.05, 3.63) is 0 Å². The average Bonchev–Trinajstić information content (AvgIpc) is 2.17. The van der Waals surface area contributed by atoms with Crippen molar-refractivity contribution in [3.63, 3.8) is 0 Å². The quantitative estimate of drug-likeness (QED) is 0.606. The van der Waals surface area contributed by atoms with Gasteiger partial charge in [0.25, 0.3) is 0 Å². The Morgan fingerprint density at radius 1 is 1.14 bits per heavy atom. The van der Waals surface area contributed by atoms with Crippen LogP contribution in [0.2, 0.25) is 6.04 Å². The number of hydrogen-bond acceptors (Lipinski definition) is 4. The Balaban J connectivity index is 2.17. The SMILES string of the molecule is CO[Si](CCCC1COC1)(OC)OC. The van der Waals surface area contributed by atoms with Gasteiger partial charge in [0, 0.05) is 33.3 Å². The fourth-order valence-corrected chi connectivity index (χ4v) is 3.36. The second kappa shape index (κ2) is 5.82. The van der Waals surface area contributed by atoms with Gasteiger partial charge >= 0.3 is 8.80 Å². The summed E-state index contributed by atoms with van der Waals surface area (Å²) >= 11 is 0. The van der Waals surface area contributed by atoms with E-state index in [1.807, 2.05) is 0 Å². The van der Waals surface area contributed by atoms with E-state index >= 15 is 0 Å². The van der Waals surface area contributed by atoms with Gasteiger partial charge in [-0.1, -0.05) is 0 Å². The smallest absolute Gasteiger partial charge is 0.381 e. The molecule has 0 unspecified atom stereocenters. The molecule has 0 aromatic rings. The van der Waals surface area contributed by atoms with E-state index in [2.05, 4.69) is 0 Å². The van der Waals surface area contributed by atoms with E-state index in [0.29, 0.717) is 0 Å². The molecule has 1 saturated heterocycles. The Morgan fingerprint density at radius 2 is 1.71 bits per heavy atom. The number of hydrogen-bond donors (Lipinski definition) is 0. The second-order valence-electron chi connectivity index (χ2n) is 3.59. The molecule has 0 N–H and O–H groups in total. The van der Waals surface area contributed by atoms with Gasteiger partial charge < -0.3 is 18.0 Å². The molecule has 1 rings (SSSR count). The highest BCUT2D eigenvalue weighted by Gasteiger charge is 2.37. The molecule has 0 saturated carbocycles.